The van der Waals surface area contributed by atoms with Gasteiger partial charge in [0.25, 0.3) is 0 Å². The maximum Gasteiger partial charge on any atom is 0.244 e. The molecule has 0 saturated carbocycles. The van der Waals surface area contributed by atoms with E-state index >= 15 is 0 Å². The molecule has 192 valence electrons. The van der Waals surface area contributed by atoms with Gasteiger partial charge in [-0.1, -0.05) is 77.1 Å². The molecule has 0 aromatic heterocycles. The van der Waals surface area contributed by atoms with Gasteiger partial charge in [-0.3, -0.25) is 13.9 Å². The van der Waals surface area contributed by atoms with Gasteiger partial charge in [0, 0.05) is 13.1 Å². The number of hydrogen-bond acceptors (Lipinski definition) is 4. The van der Waals surface area contributed by atoms with Gasteiger partial charge in [0.2, 0.25) is 21.8 Å². The molecule has 1 N–H and O–H groups in total. The second kappa shape index (κ2) is 12.2. The van der Waals surface area contributed by atoms with Crippen LogP contribution in [0.4, 0.5) is 5.69 Å². The van der Waals surface area contributed by atoms with Crippen LogP contribution in [0.2, 0.25) is 0 Å². The molecule has 1 atom stereocenters. The molecule has 0 aliphatic heterocycles. The molecule has 0 spiro atoms. The fraction of sp³-hybridized carbons (Fsp3) is 0.481. The maximum atomic E-state index is 13.6. The minimum absolute atomic E-state index is 0.0864. The van der Waals surface area contributed by atoms with Crippen LogP contribution >= 0.6 is 0 Å². The normalized spacial score (nSPS) is 12.6. The highest BCUT2D eigenvalue weighted by Crippen LogP contribution is 2.26. The Morgan fingerprint density at radius 3 is 2.06 bits per heavy atom. The average Bonchev–Trinajstić information content (AvgIpc) is 2.80. The van der Waals surface area contributed by atoms with E-state index < -0.39 is 28.5 Å². The van der Waals surface area contributed by atoms with E-state index in [1.807, 2.05) is 56.3 Å². The standard InChI is InChI=1S/C27H39N3O4S/c1-7-18-28-26(32)24(8-2)29(19-21-12-10-9-11-13-21)25(31)20-30(35(6,33)34)23-16-14-22(15-17-23)27(3,4)5/h9-17,24H,7-8,18-20H2,1-6H3,(H,28,32)/t24-/m0/s1. The zero-order valence-electron chi connectivity index (χ0n) is 21.7. The Kier molecular flexibility index (Phi) is 9.89. The van der Waals surface area contributed by atoms with Crippen molar-refractivity contribution in [3.05, 3.63) is 65.7 Å². The smallest absolute Gasteiger partial charge is 0.244 e. The number of anilines is 1. The van der Waals surface area contributed by atoms with E-state index in [1.165, 1.54) is 4.90 Å². The molecular weight excluding hydrogens is 462 g/mol. The molecule has 0 saturated heterocycles. The summed E-state index contributed by atoms with van der Waals surface area (Å²) in [5.74, 6) is -0.670. The first-order chi connectivity index (χ1) is 16.4. The van der Waals surface area contributed by atoms with Gasteiger partial charge in [-0.25, -0.2) is 8.42 Å². The van der Waals surface area contributed by atoms with E-state index in [0.717, 1.165) is 28.1 Å². The molecule has 0 bridgehead atoms. The Morgan fingerprint density at radius 1 is 0.971 bits per heavy atom. The van der Waals surface area contributed by atoms with Crippen LogP contribution in [-0.4, -0.2) is 50.5 Å². The average molecular weight is 502 g/mol. The first-order valence-corrected chi connectivity index (χ1v) is 13.9. The van der Waals surface area contributed by atoms with E-state index in [1.54, 1.807) is 12.1 Å². The molecule has 2 rings (SSSR count). The Bertz CT molecular complexity index is 1080. The second-order valence-corrected chi connectivity index (χ2v) is 11.7. The number of nitrogens with zero attached hydrogens (tertiary/aromatic N) is 2. The van der Waals surface area contributed by atoms with Crippen LogP contribution in [0.15, 0.2) is 54.6 Å². The fourth-order valence-electron chi connectivity index (χ4n) is 3.81. The van der Waals surface area contributed by atoms with Gasteiger partial charge in [-0.15, -0.1) is 0 Å². The summed E-state index contributed by atoms with van der Waals surface area (Å²) < 4.78 is 26.5. The van der Waals surface area contributed by atoms with Crippen LogP contribution < -0.4 is 9.62 Å². The summed E-state index contributed by atoms with van der Waals surface area (Å²) in [7, 11) is -3.75. The summed E-state index contributed by atoms with van der Waals surface area (Å²) in [4.78, 5) is 28.0. The van der Waals surface area contributed by atoms with Gasteiger partial charge in [0.15, 0.2) is 0 Å². The summed E-state index contributed by atoms with van der Waals surface area (Å²) in [5.41, 5.74) is 2.25. The highest BCUT2D eigenvalue weighted by molar-refractivity contribution is 7.92. The van der Waals surface area contributed by atoms with Gasteiger partial charge in [-0.2, -0.15) is 0 Å². The summed E-state index contributed by atoms with van der Waals surface area (Å²) in [6, 6.07) is 15.9. The van der Waals surface area contributed by atoms with Crippen LogP contribution in [0.25, 0.3) is 0 Å². The largest absolute Gasteiger partial charge is 0.354 e. The summed E-state index contributed by atoms with van der Waals surface area (Å²) in [5, 5.41) is 2.88. The van der Waals surface area contributed by atoms with Gasteiger partial charge in [0.05, 0.1) is 11.9 Å². The molecule has 2 amide bonds. The minimum Gasteiger partial charge on any atom is -0.354 e. The van der Waals surface area contributed by atoms with Crippen LogP contribution in [0.3, 0.4) is 0 Å². The zero-order valence-corrected chi connectivity index (χ0v) is 22.6. The lowest BCUT2D eigenvalue weighted by atomic mass is 9.87. The summed E-state index contributed by atoms with van der Waals surface area (Å²) in [6.45, 7) is 10.4. The number of hydrogen-bond donors (Lipinski definition) is 1. The summed E-state index contributed by atoms with van der Waals surface area (Å²) in [6.07, 6.45) is 2.28. The highest BCUT2D eigenvalue weighted by Gasteiger charge is 2.31. The third kappa shape index (κ3) is 8.09. The second-order valence-electron chi connectivity index (χ2n) is 9.79. The zero-order chi connectivity index (χ0) is 26.2. The predicted molar refractivity (Wildman–Crippen MR) is 142 cm³/mol. The van der Waals surface area contributed by atoms with E-state index in [-0.39, 0.29) is 17.9 Å². The minimum atomic E-state index is -3.75. The van der Waals surface area contributed by atoms with E-state index in [4.69, 9.17) is 0 Å². The molecule has 35 heavy (non-hydrogen) atoms. The van der Waals surface area contributed by atoms with Crippen molar-refractivity contribution in [3.8, 4) is 0 Å². The Labute approximate surface area is 210 Å². The third-order valence-electron chi connectivity index (χ3n) is 5.83. The van der Waals surface area contributed by atoms with Crippen LogP contribution in [0.1, 0.15) is 58.6 Å². The van der Waals surface area contributed by atoms with Crippen molar-refractivity contribution in [2.75, 3.05) is 23.7 Å². The number of carbonyl (C=O) groups excluding carboxylic acids is 2. The lowest BCUT2D eigenvalue weighted by molar-refractivity contribution is -0.140. The van der Waals surface area contributed by atoms with E-state index in [9.17, 15) is 18.0 Å². The number of nitrogens with one attached hydrogen (secondary N) is 1. The monoisotopic (exact) mass is 501 g/mol. The van der Waals surface area contributed by atoms with Crippen molar-refractivity contribution >= 4 is 27.5 Å². The van der Waals surface area contributed by atoms with Crippen LogP contribution in [0, 0.1) is 0 Å². The molecule has 0 fully saturated rings. The van der Waals surface area contributed by atoms with Crippen molar-refractivity contribution in [3.63, 3.8) is 0 Å². The SMILES string of the molecule is CCCNC(=O)[C@H](CC)N(Cc1ccccc1)C(=O)CN(c1ccc(C(C)(C)C)cc1)S(C)(=O)=O. The van der Waals surface area contributed by atoms with Gasteiger partial charge < -0.3 is 10.2 Å². The van der Waals surface area contributed by atoms with E-state index in [2.05, 4.69) is 26.1 Å². The van der Waals surface area contributed by atoms with Crippen LogP contribution in [-0.2, 0) is 31.6 Å². The Morgan fingerprint density at radius 2 is 1.57 bits per heavy atom. The number of amides is 2. The number of carbonyl (C=O) groups is 2. The van der Waals surface area contributed by atoms with Crippen molar-refractivity contribution in [1.82, 2.24) is 10.2 Å². The molecule has 0 aliphatic rings. The molecule has 2 aromatic carbocycles. The van der Waals surface area contributed by atoms with Gasteiger partial charge in [-0.05, 0) is 41.5 Å². The molecule has 2 aromatic rings. The fourth-order valence-corrected chi connectivity index (χ4v) is 4.66. The molecular formula is C27H39N3O4S. The molecule has 0 heterocycles. The summed E-state index contributed by atoms with van der Waals surface area (Å²) >= 11 is 0. The molecule has 0 aliphatic carbocycles. The van der Waals surface area contributed by atoms with Gasteiger partial charge in [0.1, 0.15) is 12.6 Å². The Balaban J connectivity index is 2.40. The highest BCUT2D eigenvalue weighted by atomic mass is 32.2. The van der Waals surface area contributed by atoms with Crippen molar-refractivity contribution in [2.45, 2.75) is 65.5 Å². The van der Waals surface area contributed by atoms with Gasteiger partial charge >= 0.3 is 0 Å². The molecule has 0 unspecified atom stereocenters. The first kappa shape index (κ1) is 28.4. The predicted octanol–water partition coefficient (Wildman–Crippen LogP) is 4.08. The quantitative estimate of drug-likeness (QED) is 0.503. The Hall–Kier alpha value is -2.87. The van der Waals surface area contributed by atoms with Crippen molar-refractivity contribution < 1.29 is 18.0 Å². The molecule has 8 heteroatoms. The number of rotatable bonds is 11. The van der Waals surface area contributed by atoms with Crippen molar-refractivity contribution in [1.29, 1.82) is 0 Å². The van der Waals surface area contributed by atoms with Crippen LogP contribution in [0.5, 0.6) is 0 Å². The number of sulfonamides is 1. The van der Waals surface area contributed by atoms with E-state index in [0.29, 0.717) is 18.7 Å². The maximum absolute atomic E-state index is 13.6. The molecule has 0 radical (unpaired) electrons. The topological polar surface area (TPSA) is 86.8 Å². The first-order valence-electron chi connectivity index (χ1n) is 12.1. The van der Waals surface area contributed by atoms with Crippen molar-refractivity contribution in [2.24, 2.45) is 0 Å². The third-order valence-corrected chi connectivity index (χ3v) is 6.97. The lowest BCUT2D eigenvalue weighted by Crippen LogP contribution is -2.52. The number of benzene rings is 2. The molecule has 7 nitrogen and oxygen atoms in total. The lowest BCUT2D eigenvalue weighted by Gasteiger charge is -2.33.